The third-order valence-corrected chi connectivity index (χ3v) is 4.16. The Morgan fingerprint density at radius 3 is 3.12 bits per heavy atom. The molecular weight excluding hydrogens is 216 g/mol. The van der Waals surface area contributed by atoms with Crippen LogP contribution in [0.3, 0.4) is 0 Å². The summed E-state index contributed by atoms with van der Waals surface area (Å²) in [6.45, 7) is 3.30. The summed E-state index contributed by atoms with van der Waals surface area (Å²) < 4.78 is 0. The minimum Gasteiger partial charge on any atom is -0.281 e. The van der Waals surface area contributed by atoms with E-state index < -0.39 is 0 Å². The molecule has 0 amide bonds. The lowest BCUT2D eigenvalue weighted by atomic mass is 9.96. The van der Waals surface area contributed by atoms with Gasteiger partial charge in [-0.15, -0.1) is 0 Å². The van der Waals surface area contributed by atoms with Crippen molar-refractivity contribution in [2.45, 2.75) is 44.7 Å². The van der Waals surface area contributed by atoms with Crippen LogP contribution in [-0.4, -0.2) is 17.5 Å². The van der Waals surface area contributed by atoms with Crippen LogP contribution in [0.4, 0.5) is 0 Å². The average molecular weight is 234 g/mol. The fourth-order valence-corrected chi connectivity index (χ4v) is 3.25. The van der Waals surface area contributed by atoms with Crippen molar-refractivity contribution in [3.8, 4) is 6.07 Å². The van der Waals surface area contributed by atoms with Crippen LogP contribution in [0, 0.1) is 11.3 Å². The molecule has 2 unspecified atom stereocenters. The van der Waals surface area contributed by atoms with Gasteiger partial charge in [-0.3, -0.25) is 4.90 Å². The molecule has 1 aliphatic rings. The summed E-state index contributed by atoms with van der Waals surface area (Å²) in [6.07, 6.45) is 4.96. The highest BCUT2D eigenvalue weighted by Crippen LogP contribution is 2.30. The topological polar surface area (TPSA) is 27.0 Å². The van der Waals surface area contributed by atoms with E-state index in [1.165, 1.54) is 24.8 Å². The van der Waals surface area contributed by atoms with Gasteiger partial charge in [0, 0.05) is 12.6 Å². The Kier molecular flexibility index (Phi) is 3.98. The van der Waals surface area contributed by atoms with Crippen LogP contribution in [0.2, 0.25) is 0 Å². The minimum atomic E-state index is -0.0310. The van der Waals surface area contributed by atoms with Crippen LogP contribution < -0.4 is 0 Å². The predicted octanol–water partition coefficient (Wildman–Crippen LogP) is 3.58. The molecule has 2 nitrogen and oxygen atoms in total. The average Bonchev–Trinajstić information content (AvgIpc) is 2.84. The number of thiophene rings is 1. The van der Waals surface area contributed by atoms with Gasteiger partial charge in [0.1, 0.15) is 6.04 Å². The molecule has 0 spiro atoms. The molecule has 86 valence electrons. The lowest BCUT2D eigenvalue weighted by molar-refractivity contribution is 0.117. The van der Waals surface area contributed by atoms with Gasteiger partial charge in [0.25, 0.3) is 0 Å². The molecule has 2 rings (SSSR count). The van der Waals surface area contributed by atoms with E-state index in [9.17, 15) is 5.26 Å². The fraction of sp³-hybridized carbons (Fsp3) is 0.615. The second kappa shape index (κ2) is 5.47. The Labute approximate surface area is 102 Å². The standard InChI is InChI=1S/C13H18N2S/c1-2-12-5-3-4-7-15(12)13(9-14)11-6-8-16-10-11/h6,8,10,12-13H,2-5,7H2,1H3. The smallest absolute Gasteiger partial charge is 0.124 e. The van der Waals surface area contributed by atoms with Gasteiger partial charge in [-0.2, -0.15) is 16.6 Å². The summed E-state index contributed by atoms with van der Waals surface area (Å²) in [6, 6.07) is 5.12. The van der Waals surface area contributed by atoms with Gasteiger partial charge in [-0.1, -0.05) is 13.3 Å². The zero-order valence-electron chi connectivity index (χ0n) is 9.72. The lowest BCUT2D eigenvalue weighted by Gasteiger charge is -2.37. The van der Waals surface area contributed by atoms with E-state index in [2.05, 4.69) is 34.7 Å². The second-order valence-electron chi connectivity index (χ2n) is 4.38. The quantitative estimate of drug-likeness (QED) is 0.799. The maximum atomic E-state index is 9.38. The van der Waals surface area contributed by atoms with Crippen LogP contribution in [0.25, 0.3) is 0 Å². The van der Waals surface area contributed by atoms with Crippen LogP contribution >= 0.6 is 11.3 Å². The number of rotatable bonds is 3. The molecular formula is C13H18N2S. The molecule has 0 N–H and O–H groups in total. The monoisotopic (exact) mass is 234 g/mol. The molecule has 1 saturated heterocycles. The van der Waals surface area contributed by atoms with Crippen molar-refractivity contribution < 1.29 is 0 Å². The maximum absolute atomic E-state index is 9.38. The third kappa shape index (κ3) is 2.28. The van der Waals surface area contributed by atoms with Gasteiger partial charge in [-0.05, 0) is 41.7 Å². The molecule has 0 aromatic carbocycles. The Bertz CT molecular complexity index is 353. The van der Waals surface area contributed by atoms with Crippen molar-refractivity contribution in [2.75, 3.05) is 6.54 Å². The normalized spacial score (nSPS) is 23.9. The van der Waals surface area contributed by atoms with Crippen molar-refractivity contribution in [1.82, 2.24) is 4.90 Å². The first-order valence-corrected chi connectivity index (χ1v) is 6.98. The van der Waals surface area contributed by atoms with E-state index in [1.54, 1.807) is 11.3 Å². The first kappa shape index (κ1) is 11.6. The van der Waals surface area contributed by atoms with Crippen molar-refractivity contribution >= 4 is 11.3 Å². The van der Waals surface area contributed by atoms with Gasteiger partial charge in [-0.25, -0.2) is 0 Å². The summed E-state index contributed by atoms with van der Waals surface area (Å²) in [5, 5.41) is 13.5. The van der Waals surface area contributed by atoms with Crippen molar-refractivity contribution in [2.24, 2.45) is 0 Å². The van der Waals surface area contributed by atoms with Crippen LogP contribution in [0.5, 0.6) is 0 Å². The first-order chi connectivity index (χ1) is 7.86. The van der Waals surface area contributed by atoms with E-state index in [0.717, 1.165) is 13.0 Å². The highest BCUT2D eigenvalue weighted by Gasteiger charge is 2.28. The molecule has 16 heavy (non-hydrogen) atoms. The molecule has 3 heteroatoms. The molecule has 2 heterocycles. The summed E-state index contributed by atoms with van der Waals surface area (Å²) >= 11 is 1.68. The van der Waals surface area contributed by atoms with E-state index in [-0.39, 0.29) is 6.04 Å². The number of nitrogens with zero attached hydrogens (tertiary/aromatic N) is 2. The number of piperidine rings is 1. The molecule has 1 aromatic heterocycles. The Morgan fingerprint density at radius 2 is 2.50 bits per heavy atom. The molecule has 0 aliphatic carbocycles. The van der Waals surface area contributed by atoms with Crippen molar-refractivity contribution in [3.63, 3.8) is 0 Å². The Morgan fingerprint density at radius 1 is 1.62 bits per heavy atom. The van der Waals surface area contributed by atoms with E-state index >= 15 is 0 Å². The van der Waals surface area contributed by atoms with Crippen molar-refractivity contribution in [3.05, 3.63) is 22.4 Å². The molecule has 1 fully saturated rings. The highest BCUT2D eigenvalue weighted by molar-refractivity contribution is 7.08. The number of hydrogen-bond donors (Lipinski definition) is 0. The molecule has 1 aliphatic heterocycles. The second-order valence-corrected chi connectivity index (χ2v) is 5.16. The maximum Gasteiger partial charge on any atom is 0.124 e. The number of likely N-dealkylation sites (tertiary alicyclic amines) is 1. The molecule has 0 saturated carbocycles. The van der Waals surface area contributed by atoms with Crippen LogP contribution in [-0.2, 0) is 0 Å². The minimum absolute atomic E-state index is 0.0310. The summed E-state index contributed by atoms with van der Waals surface area (Å²) in [4.78, 5) is 2.39. The van der Waals surface area contributed by atoms with Crippen LogP contribution in [0.1, 0.15) is 44.2 Å². The summed E-state index contributed by atoms with van der Waals surface area (Å²) in [7, 11) is 0. The van der Waals surface area contributed by atoms with Crippen molar-refractivity contribution in [1.29, 1.82) is 5.26 Å². The molecule has 2 atom stereocenters. The fourth-order valence-electron chi connectivity index (χ4n) is 2.57. The Balaban J connectivity index is 2.17. The van der Waals surface area contributed by atoms with Gasteiger partial charge >= 0.3 is 0 Å². The summed E-state index contributed by atoms with van der Waals surface area (Å²) in [5.74, 6) is 0. The predicted molar refractivity (Wildman–Crippen MR) is 67.3 cm³/mol. The lowest BCUT2D eigenvalue weighted by Crippen LogP contribution is -2.41. The van der Waals surface area contributed by atoms with E-state index in [4.69, 9.17) is 0 Å². The summed E-state index contributed by atoms with van der Waals surface area (Å²) in [5.41, 5.74) is 1.17. The van der Waals surface area contributed by atoms with Gasteiger partial charge in [0.2, 0.25) is 0 Å². The highest BCUT2D eigenvalue weighted by atomic mass is 32.1. The van der Waals surface area contributed by atoms with E-state index in [1.807, 2.05) is 0 Å². The van der Waals surface area contributed by atoms with Gasteiger partial charge in [0.05, 0.1) is 6.07 Å². The van der Waals surface area contributed by atoms with Gasteiger partial charge in [0.15, 0.2) is 0 Å². The van der Waals surface area contributed by atoms with Gasteiger partial charge < -0.3 is 0 Å². The first-order valence-electron chi connectivity index (χ1n) is 6.04. The Hall–Kier alpha value is -0.850. The zero-order valence-corrected chi connectivity index (χ0v) is 10.5. The van der Waals surface area contributed by atoms with E-state index in [0.29, 0.717) is 6.04 Å². The zero-order chi connectivity index (χ0) is 11.4. The number of hydrogen-bond acceptors (Lipinski definition) is 3. The third-order valence-electron chi connectivity index (χ3n) is 3.46. The molecule has 0 radical (unpaired) electrons. The molecule has 1 aromatic rings. The molecule has 0 bridgehead atoms. The van der Waals surface area contributed by atoms with Crippen LogP contribution in [0.15, 0.2) is 16.8 Å². The number of nitriles is 1. The largest absolute Gasteiger partial charge is 0.281 e. The SMILES string of the molecule is CCC1CCCCN1C(C#N)c1ccsc1.